The minimum atomic E-state index is -0.340. The number of esters is 1. The lowest BCUT2D eigenvalue weighted by Crippen LogP contribution is -2.58. The number of hydrogen-bond acceptors (Lipinski definition) is 7. The zero-order chi connectivity index (χ0) is 24.0. The van der Waals surface area contributed by atoms with Gasteiger partial charge in [0.25, 0.3) is 0 Å². The maximum atomic E-state index is 12.9. The second-order valence-corrected chi connectivity index (χ2v) is 8.15. The normalized spacial score (nSPS) is 17.2. The Hall–Kier alpha value is -3.26. The summed E-state index contributed by atoms with van der Waals surface area (Å²) in [5, 5.41) is 3.04. The number of hydrogen-bond donors (Lipinski definition) is 1. The van der Waals surface area contributed by atoms with Crippen LogP contribution in [0.15, 0.2) is 42.5 Å². The summed E-state index contributed by atoms with van der Waals surface area (Å²) in [6, 6.07) is 13.0. The van der Waals surface area contributed by atoms with Gasteiger partial charge in [0.05, 0.1) is 32.9 Å². The molecule has 1 heterocycles. The average Bonchev–Trinajstić information content (AvgIpc) is 2.86. The van der Waals surface area contributed by atoms with Gasteiger partial charge in [0.1, 0.15) is 0 Å². The van der Waals surface area contributed by atoms with E-state index in [9.17, 15) is 9.59 Å². The topological polar surface area (TPSA) is 80.3 Å². The molecule has 0 aliphatic carbocycles. The number of carbonyl (C=O) groups excluding carboxylic acids is 2. The van der Waals surface area contributed by atoms with E-state index in [1.165, 1.54) is 7.11 Å². The third kappa shape index (κ3) is 5.76. The number of anilines is 1. The minimum absolute atomic E-state index is 0.00693. The zero-order valence-corrected chi connectivity index (χ0v) is 20.0. The van der Waals surface area contributed by atoms with Gasteiger partial charge in [-0.25, -0.2) is 4.79 Å². The summed E-state index contributed by atoms with van der Waals surface area (Å²) in [6.45, 7) is 6.86. The Kier molecular flexibility index (Phi) is 8.16. The molecule has 33 heavy (non-hydrogen) atoms. The Morgan fingerprint density at radius 3 is 2.33 bits per heavy atom. The molecule has 8 nitrogen and oxygen atoms in total. The van der Waals surface area contributed by atoms with Gasteiger partial charge in [-0.2, -0.15) is 0 Å². The van der Waals surface area contributed by atoms with Gasteiger partial charge >= 0.3 is 5.97 Å². The van der Waals surface area contributed by atoms with E-state index in [2.05, 4.69) is 22.0 Å². The second-order valence-electron chi connectivity index (χ2n) is 8.15. The van der Waals surface area contributed by atoms with Gasteiger partial charge < -0.3 is 24.4 Å². The zero-order valence-electron chi connectivity index (χ0n) is 20.0. The van der Waals surface area contributed by atoms with E-state index in [0.717, 1.165) is 30.9 Å². The van der Waals surface area contributed by atoms with Crippen molar-refractivity contribution in [2.24, 2.45) is 0 Å². The molecule has 2 aromatic carbocycles. The Morgan fingerprint density at radius 2 is 1.73 bits per heavy atom. The van der Waals surface area contributed by atoms with E-state index < -0.39 is 0 Å². The van der Waals surface area contributed by atoms with Crippen LogP contribution in [0.2, 0.25) is 0 Å². The fraction of sp³-hybridized carbons (Fsp3) is 0.440. The highest BCUT2D eigenvalue weighted by molar-refractivity contribution is 5.89. The SMILES string of the molecule is COC(=O)c1ccc(N2CCN(C(C)C(=O)NCc3ccc(OC)c(OC)c3)C(C)C2)cc1. The summed E-state index contributed by atoms with van der Waals surface area (Å²) in [7, 11) is 4.57. The molecule has 1 aliphatic rings. The summed E-state index contributed by atoms with van der Waals surface area (Å²) in [6.07, 6.45) is 0. The van der Waals surface area contributed by atoms with Gasteiger partial charge in [-0.15, -0.1) is 0 Å². The summed E-state index contributed by atoms with van der Waals surface area (Å²) >= 11 is 0. The van der Waals surface area contributed by atoms with Crippen LogP contribution in [0.1, 0.15) is 29.8 Å². The quantitative estimate of drug-likeness (QED) is 0.613. The van der Waals surface area contributed by atoms with E-state index in [-0.39, 0.29) is 24.0 Å². The van der Waals surface area contributed by atoms with Crippen molar-refractivity contribution in [2.45, 2.75) is 32.5 Å². The molecule has 8 heteroatoms. The maximum Gasteiger partial charge on any atom is 0.337 e. The second kappa shape index (κ2) is 11.0. The van der Waals surface area contributed by atoms with Crippen molar-refractivity contribution >= 4 is 17.6 Å². The van der Waals surface area contributed by atoms with Crippen molar-refractivity contribution in [1.29, 1.82) is 0 Å². The molecular formula is C25H33N3O5. The Morgan fingerprint density at radius 1 is 1.03 bits per heavy atom. The number of methoxy groups -OCH3 is 3. The molecule has 3 rings (SSSR count). The third-order valence-electron chi connectivity index (χ3n) is 6.12. The van der Waals surface area contributed by atoms with Gasteiger partial charge in [0.15, 0.2) is 11.5 Å². The van der Waals surface area contributed by atoms with Gasteiger partial charge in [0.2, 0.25) is 5.91 Å². The Balaban J connectivity index is 1.55. The molecule has 0 bridgehead atoms. The van der Waals surface area contributed by atoms with Crippen LogP contribution >= 0.6 is 0 Å². The highest BCUT2D eigenvalue weighted by Crippen LogP contribution is 2.27. The molecule has 0 saturated carbocycles. The molecule has 2 atom stereocenters. The molecule has 1 amide bonds. The smallest absolute Gasteiger partial charge is 0.337 e. The lowest BCUT2D eigenvalue weighted by atomic mass is 10.1. The molecule has 1 aliphatic heterocycles. The maximum absolute atomic E-state index is 12.9. The molecule has 2 unspecified atom stereocenters. The molecule has 178 valence electrons. The highest BCUT2D eigenvalue weighted by atomic mass is 16.5. The van der Waals surface area contributed by atoms with Crippen LogP contribution in [0.25, 0.3) is 0 Å². The monoisotopic (exact) mass is 455 g/mol. The first kappa shape index (κ1) is 24.4. The lowest BCUT2D eigenvalue weighted by molar-refractivity contribution is -0.127. The standard InChI is InChI=1S/C25H33N3O5/c1-17-16-27(21-9-7-20(8-10-21)25(30)33-5)12-13-28(17)18(2)24(29)26-15-19-6-11-22(31-3)23(14-19)32-4/h6-11,14,17-18H,12-13,15-16H2,1-5H3,(H,26,29). The Labute approximate surface area is 195 Å². The van der Waals surface area contributed by atoms with Crippen LogP contribution in [0.5, 0.6) is 11.5 Å². The summed E-state index contributed by atoms with van der Waals surface area (Å²) in [4.78, 5) is 29.0. The number of amides is 1. The van der Waals surface area contributed by atoms with E-state index in [0.29, 0.717) is 23.6 Å². The molecular weight excluding hydrogens is 422 g/mol. The predicted octanol–water partition coefficient (Wildman–Crippen LogP) is 2.71. The van der Waals surface area contributed by atoms with Crippen molar-refractivity contribution in [2.75, 3.05) is 45.9 Å². The van der Waals surface area contributed by atoms with E-state index in [1.807, 2.05) is 37.3 Å². The lowest BCUT2D eigenvalue weighted by Gasteiger charge is -2.43. The van der Waals surface area contributed by atoms with Crippen molar-refractivity contribution < 1.29 is 23.8 Å². The summed E-state index contributed by atoms with van der Waals surface area (Å²) < 4.78 is 15.4. The van der Waals surface area contributed by atoms with Crippen molar-refractivity contribution in [3.05, 3.63) is 53.6 Å². The molecule has 1 N–H and O–H groups in total. The molecule has 1 saturated heterocycles. The summed E-state index contributed by atoms with van der Waals surface area (Å²) in [5.41, 5.74) is 2.54. The van der Waals surface area contributed by atoms with Gasteiger partial charge in [0, 0.05) is 37.9 Å². The number of ether oxygens (including phenoxy) is 3. The van der Waals surface area contributed by atoms with Crippen LogP contribution < -0.4 is 19.7 Å². The first-order chi connectivity index (χ1) is 15.9. The number of carbonyl (C=O) groups is 2. The first-order valence-electron chi connectivity index (χ1n) is 11.1. The van der Waals surface area contributed by atoms with Crippen LogP contribution in [0, 0.1) is 0 Å². The number of rotatable bonds is 8. The average molecular weight is 456 g/mol. The van der Waals surface area contributed by atoms with E-state index in [1.54, 1.807) is 26.4 Å². The van der Waals surface area contributed by atoms with Crippen LogP contribution in [0.3, 0.4) is 0 Å². The largest absolute Gasteiger partial charge is 0.493 e. The number of benzene rings is 2. The van der Waals surface area contributed by atoms with Crippen molar-refractivity contribution in [3.63, 3.8) is 0 Å². The fourth-order valence-electron chi connectivity index (χ4n) is 4.19. The Bertz CT molecular complexity index is 963. The number of nitrogens with zero attached hydrogens (tertiary/aromatic N) is 2. The van der Waals surface area contributed by atoms with Crippen molar-refractivity contribution in [3.8, 4) is 11.5 Å². The van der Waals surface area contributed by atoms with Gasteiger partial charge in [-0.3, -0.25) is 9.69 Å². The van der Waals surface area contributed by atoms with Crippen LogP contribution in [-0.4, -0.2) is 69.8 Å². The number of piperazine rings is 1. The first-order valence-corrected chi connectivity index (χ1v) is 11.1. The summed E-state index contributed by atoms with van der Waals surface area (Å²) in [5.74, 6) is 0.953. The predicted molar refractivity (Wildman–Crippen MR) is 127 cm³/mol. The van der Waals surface area contributed by atoms with E-state index >= 15 is 0 Å². The third-order valence-corrected chi connectivity index (χ3v) is 6.12. The van der Waals surface area contributed by atoms with Gasteiger partial charge in [-0.1, -0.05) is 6.07 Å². The number of nitrogens with one attached hydrogen (secondary N) is 1. The van der Waals surface area contributed by atoms with Gasteiger partial charge in [-0.05, 0) is 55.8 Å². The molecule has 1 fully saturated rings. The molecule has 0 radical (unpaired) electrons. The van der Waals surface area contributed by atoms with Crippen molar-refractivity contribution in [1.82, 2.24) is 10.2 Å². The highest BCUT2D eigenvalue weighted by Gasteiger charge is 2.30. The van der Waals surface area contributed by atoms with Crippen LogP contribution in [0.4, 0.5) is 5.69 Å². The fourth-order valence-corrected chi connectivity index (χ4v) is 4.19. The van der Waals surface area contributed by atoms with E-state index in [4.69, 9.17) is 14.2 Å². The minimum Gasteiger partial charge on any atom is -0.493 e. The molecule has 0 aromatic heterocycles. The van der Waals surface area contributed by atoms with Crippen LogP contribution in [-0.2, 0) is 16.1 Å². The molecule has 2 aromatic rings. The molecule has 0 spiro atoms.